The van der Waals surface area contributed by atoms with Crippen molar-refractivity contribution in [2.45, 2.75) is 25.3 Å². The summed E-state index contributed by atoms with van der Waals surface area (Å²) < 4.78 is 19.9. The summed E-state index contributed by atoms with van der Waals surface area (Å²) in [5, 5.41) is 14.9. The molecule has 5 nitrogen and oxygen atoms in total. The number of nitrogens with zero attached hydrogens (tertiary/aromatic N) is 1. The number of ether oxygens (including phenoxy) is 1. The minimum atomic E-state index is -0.411. The number of nitro groups is 1. The first-order valence-electron chi connectivity index (χ1n) is 8.73. The Hall–Kier alpha value is -2.89. The molecule has 1 aliphatic carbocycles. The molecule has 134 valence electrons. The Labute approximate surface area is 150 Å². The topological polar surface area (TPSA) is 64.4 Å². The average molecular weight is 354 g/mol. The van der Waals surface area contributed by atoms with Crippen molar-refractivity contribution < 1.29 is 14.1 Å². The fourth-order valence-corrected chi connectivity index (χ4v) is 4.08. The van der Waals surface area contributed by atoms with Crippen molar-refractivity contribution >= 4 is 11.4 Å². The Balaban J connectivity index is 1.87. The van der Waals surface area contributed by atoms with E-state index in [1.54, 1.807) is 18.2 Å². The van der Waals surface area contributed by atoms with Gasteiger partial charge in [-0.25, -0.2) is 4.39 Å². The van der Waals surface area contributed by atoms with E-state index in [0.29, 0.717) is 23.6 Å². The van der Waals surface area contributed by atoms with Gasteiger partial charge in [0.25, 0.3) is 5.69 Å². The van der Waals surface area contributed by atoms with E-state index >= 15 is 0 Å². The van der Waals surface area contributed by atoms with E-state index in [2.05, 4.69) is 17.5 Å². The molecular weight excluding hydrogens is 335 g/mol. The Kier molecular flexibility index (Phi) is 4.11. The van der Waals surface area contributed by atoms with Crippen LogP contribution in [0.4, 0.5) is 15.8 Å². The predicted octanol–water partition coefficient (Wildman–Crippen LogP) is 4.96. The first kappa shape index (κ1) is 16.6. The summed E-state index contributed by atoms with van der Waals surface area (Å²) in [5.74, 6) is 0.293. The second-order valence-electron chi connectivity index (χ2n) is 6.59. The third-order valence-corrected chi connectivity index (χ3v) is 5.17. The number of fused-ring (bicyclic) bond motifs is 3. The molecule has 2 aromatic carbocycles. The molecule has 0 saturated carbocycles. The minimum Gasteiger partial charge on any atom is -0.494 e. The van der Waals surface area contributed by atoms with E-state index in [1.165, 1.54) is 12.1 Å². The number of hydrogen-bond acceptors (Lipinski definition) is 4. The first-order valence-corrected chi connectivity index (χ1v) is 8.73. The molecule has 1 aliphatic heterocycles. The summed E-state index contributed by atoms with van der Waals surface area (Å²) in [7, 11) is 0. The van der Waals surface area contributed by atoms with Crippen LogP contribution >= 0.6 is 0 Å². The lowest BCUT2D eigenvalue weighted by Gasteiger charge is -2.37. The Morgan fingerprint density at radius 2 is 2.12 bits per heavy atom. The maximum absolute atomic E-state index is 14.4. The van der Waals surface area contributed by atoms with Crippen molar-refractivity contribution in [3.8, 4) is 5.75 Å². The summed E-state index contributed by atoms with van der Waals surface area (Å²) in [6.07, 6.45) is 4.93. The van der Waals surface area contributed by atoms with Crippen LogP contribution in [0.15, 0.2) is 48.6 Å². The maximum Gasteiger partial charge on any atom is 0.296 e. The fourth-order valence-electron chi connectivity index (χ4n) is 4.08. The van der Waals surface area contributed by atoms with E-state index in [1.807, 2.05) is 13.0 Å². The van der Waals surface area contributed by atoms with Crippen LogP contribution in [0.1, 0.15) is 36.4 Å². The highest BCUT2D eigenvalue weighted by atomic mass is 19.1. The predicted molar refractivity (Wildman–Crippen MR) is 97.0 cm³/mol. The number of allylic oxidation sites excluding steroid dienone is 2. The molecule has 1 heterocycles. The van der Waals surface area contributed by atoms with E-state index in [0.717, 1.165) is 12.0 Å². The molecular formula is C20H19FN2O3. The Morgan fingerprint density at radius 1 is 1.31 bits per heavy atom. The maximum atomic E-state index is 14.4. The molecule has 0 radical (unpaired) electrons. The molecule has 2 aliphatic rings. The highest BCUT2D eigenvalue weighted by Crippen LogP contribution is 2.53. The van der Waals surface area contributed by atoms with Crippen LogP contribution in [0.5, 0.6) is 5.75 Å². The largest absolute Gasteiger partial charge is 0.494 e. The molecule has 2 aromatic rings. The molecule has 0 unspecified atom stereocenters. The van der Waals surface area contributed by atoms with Crippen molar-refractivity contribution in [3.63, 3.8) is 0 Å². The van der Waals surface area contributed by atoms with Gasteiger partial charge in [-0.3, -0.25) is 10.1 Å². The van der Waals surface area contributed by atoms with Crippen LogP contribution < -0.4 is 10.1 Å². The molecule has 6 heteroatoms. The zero-order chi connectivity index (χ0) is 18.3. The zero-order valence-electron chi connectivity index (χ0n) is 14.3. The Bertz CT molecular complexity index is 897. The third-order valence-electron chi connectivity index (χ3n) is 5.17. The van der Waals surface area contributed by atoms with Gasteiger partial charge in [-0.2, -0.15) is 0 Å². The first-order chi connectivity index (χ1) is 12.6. The number of nitrogens with one attached hydrogen (secondary N) is 1. The van der Waals surface area contributed by atoms with Gasteiger partial charge in [-0.05, 0) is 37.0 Å². The van der Waals surface area contributed by atoms with Gasteiger partial charge < -0.3 is 10.1 Å². The quantitative estimate of drug-likeness (QED) is 0.479. The van der Waals surface area contributed by atoms with E-state index in [4.69, 9.17) is 4.74 Å². The lowest BCUT2D eigenvalue weighted by atomic mass is 9.76. The summed E-state index contributed by atoms with van der Waals surface area (Å²) in [6.45, 7) is 2.28. The van der Waals surface area contributed by atoms with E-state index in [9.17, 15) is 14.5 Å². The fraction of sp³-hybridized carbons (Fsp3) is 0.300. The van der Waals surface area contributed by atoms with Crippen LogP contribution in [-0.4, -0.2) is 11.5 Å². The summed E-state index contributed by atoms with van der Waals surface area (Å²) >= 11 is 0. The van der Waals surface area contributed by atoms with Crippen molar-refractivity contribution in [1.82, 2.24) is 0 Å². The minimum absolute atomic E-state index is 0.00466. The zero-order valence-corrected chi connectivity index (χ0v) is 14.3. The van der Waals surface area contributed by atoms with Gasteiger partial charge in [0.1, 0.15) is 17.3 Å². The van der Waals surface area contributed by atoms with Gasteiger partial charge in [0.2, 0.25) is 0 Å². The van der Waals surface area contributed by atoms with E-state index < -0.39 is 4.92 Å². The molecule has 0 amide bonds. The molecule has 0 spiro atoms. The molecule has 0 aromatic heterocycles. The van der Waals surface area contributed by atoms with Crippen LogP contribution in [0.3, 0.4) is 0 Å². The van der Waals surface area contributed by atoms with Gasteiger partial charge in [0.05, 0.1) is 23.6 Å². The Morgan fingerprint density at radius 3 is 2.85 bits per heavy atom. The second kappa shape index (κ2) is 6.44. The summed E-state index contributed by atoms with van der Waals surface area (Å²) in [4.78, 5) is 11.2. The summed E-state index contributed by atoms with van der Waals surface area (Å²) in [5.41, 5.74) is 1.81. The number of benzene rings is 2. The number of nitro benzene ring substituents is 1. The molecule has 0 bridgehead atoms. The third kappa shape index (κ3) is 2.62. The van der Waals surface area contributed by atoms with Crippen LogP contribution in [-0.2, 0) is 0 Å². The van der Waals surface area contributed by atoms with Gasteiger partial charge >= 0.3 is 0 Å². The summed E-state index contributed by atoms with van der Waals surface area (Å²) in [6, 6.07) is 9.59. The van der Waals surface area contributed by atoms with Crippen LogP contribution in [0.25, 0.3) is 0 Å². The smallest absolute Gasteiger partial charge is 0.296 e. The number of rotatable bonds is 4. The monoisotopic (exact) mass is 354 g/mol. The van der Waals surface area contributed by atoms with Crippen LogP contribution in [0.2, 0.25) is 0 Å². The molecule has 0 saturated heterocycles. The normalized spacial score (nSPS) is 23.1. The molecule has 0 fully saturated rings. The van der Waals surface area contributed by atoms with Gasteiger partial charge in [-0.1, -0.05) is 30.4 Å². The highest BCUT2D eigenvalue weighted by molar-refractivity contribution is 5.73. The number of halogens is 1. The lowest BCUT2D eigenvalue weighted by Crippen LogP contribution is -2.30. The average Bonchev–Trinajstić information content (AvgIpc) is 3.11. The molecule has 1 N–H and O–H groups in total. The SMILES string of the molecule is CCOc1cc2c(c([N+](=O)[O-])c1)N[C@H](c1ccccc1F)[C@H]1CC=C[C@H]21. The van der Waals surface area contributed by atoms with Crippen molar-refractivity contribution in [2.75, 3.05) is 11.9 Å². The number of hydrogen-bond donors (Lipinski definition) is 1. The highest BCUT2D eigenvalue weighted by Gasteiger charge is 2.41. The molecule has 26 heavy (non-hydrogen) atoms. The van der Waals surface area contributed by atoms with Crippen molar-refractivity contribution in [3.05, 3.63) is 75.6 Å². The van der Waals surface area contributed by atoms with Crippen molar-refractivity contribution in [1.29, 1.82) is 0 Å². The van der Waals surface area contributed by atoms with E-state index in [-0.39, 0.29) is 29.4 Å². The van der Waals surface area contributed by atoms with Gasteiger partial charge in [0, 0.05) is 11.5 Å². The lowest BCUT2D eigenvalue weighted by molar-refractivity contribution is -0.384. The van der Waals surface area contributed by atoms with Crippen LogP contribution in [0, 0.1) is 21.8 Å². The van der Waals surface area contributed by atoms with Crippen molar-refractivity contribution in [2.24, 2.45) is 5.92 Å². The van der Waals surface area contributed by atoms with Gasteiger partial charge in [0.15, 0.2) is 0 Å². The van der Waals surface area contributed by atoms with Gasteiger partial charge in [-0.15, -0.1) is 0 Å². The molecule has 4 rings (SSSR count). The second-order valence-corrected chi connectivity index (χ2v) is 6.59. The standard InChI is InChI=1S/C20H19FN2O3/c1-2-26-12-10-16-13-7-5-8-14(13)19(15-6-3-4-9-17(15)21)22-20(16)18(11-12)23(24)25/h3-7,9-11,13-14,19,22H,2,8H2,1H3/t13-,14-,19-/m0/s1. The number of anilines is 1. The molecule has 3 atom stereocenters.